The molecule has 0 saturated carbocycles. The molecule has 0 aliphatic heterocycles. The highest BCUT2D eigenvalue weighted by Crippen LogP contribution is 2.52. The Balaban J connectivity index is 1.88. The Morgan fingerprint density at radius 1 is 0.607 bits per heavy atom. The molecule has 0 fully saturated rings. The van der Waals surface area contributed by atoms with Crippen molar-refractivity contribution in [2.24, 2.45) is 0 Å². The van der Waals surface area contributed by atoms with Gasteiger partial charge in [0, 0.05) is 10.0 Å². The lowest BCUT2D eigenvalue weighted by Crippen LogP contribution is -2.25. The molecule has 1 heteroatoms. The Bertz CT molecular complexity index is 1210. The second-order valence-corrected chi connectivity index (χ2v) is 7.88. The number of hydrogen-bond acceptors (Lipinski definition) is 0. The zero-order valence-corrected chi connectivity index (χ0v) is 16.8. The number of fused-ring (bicyclic) bond motifs is 3. The van der Waals surface area contributed by atoms with Gasteiger partial charge in [0.15, 0.2) is 0 Å². The van der Waals surface area contributed by atoms with E-state index in [4.69, 9.17) is 0 Å². The summed E-state index contributed by atoms with van der Waals surface area (Å²) < 4.78 is 1.07. The molecule has 4 aromatic rings. The van der Waals surface area contributed by atoms with E-state index in [9.17, 15) is 0 Å². The van der Waals surface area contributed by atoms with Crippen molar-refractivity contribution in [3.05, 3.63) is 130 Å². The minimum absolute atomic E-state index is 0.493. The van der Waals surface area contributed by atoms with E-state index in [-0.39, 0.29) is 0 Å². The Hall–Kier alpha value is -3.08. The summed E-state index contributed by atoms with van der Waals surface area (Å²) in [4.78, 5) is 0. The second-order valence-electron chi connectivity index (χ2n) is 6.97. The van der Waals surface area contributed by atoms with E-state index in [1.165, 1.54) is 27.8 Å². The Morgan fingerprint density at radius 3 is 2.04 bits per heavy atom. The first-order valence-electron chi connectivity index (χ1n) is 9.33. The van der Waals surface area contributed by atoms with Crippen LogP contribution in [0.25, 0.3) is 11.1 Å². The van der Waals surface area contributed by atoms with Gasteiger partial charge < -0.3 is 0 Å². The fourth-order valence-corrected chi connectivity index (χ4v) is 4.51. The van der Waals surface area contributed by atoms with Gasteiger partial charge in [0.2, 0.25) is 0 Å². The lowest BCUT2D eigenvalue weighted by atomic mass is 9.73. The van der Waals surface area contributed by atoms with Gasteiger partial charge in [0.05, 0.1) is 0 Å². The molecule has 0 bridgehead atoms. The van der Waals surface area contributed by atoms with Gasteiger partial charge in [-0.25, -0.2) is 0 Å². The molecule has 0 saturated heterocycles. The molecule has 0 aromatic heterocycles. The van der Waals surface area contributed by atoms with Crippen LogP contribution in [0, 0.1) is 11.8 Å². The lowest BCUT2D eigenvalue weighted by molar-refractivity contribution is 0.836. The zero-order chi connectivity index (χ0) is 19.0. The third-order valence-electron chi connectivity index (χ3n) is 5.38. The number of halogens is 1. The van der Waals surface area contributed by atoms with Crippen LogP contribution in [-0.4, -0.2) is 0 Å². The van der Waals surface area contributed by atoms with Crippen molar-refractivity contribution in [3.8, 4) is 23.0 Å². The van der Waals surface area contributed by atoms with Crippen LogP contribution in [0.1, 0.15) is 22.3 Å². The van der Waals surface area contributed by atoms with Crippen molar-refractivity contribution >= 4 is 15.9 Å². The first-order valence-corrected chi connectivity index (χ1v) is 10.1. The molecule has 1 unspecified atom stereocenters. The van der Waals surface area contributed by atoms with Crippen molar-refractivity contribution in [2.45, 2.75) is 5.41 Å². The molecule has 0 heterocycles. The fourth-order valence-electron chi connectivity index (χ4n) is 4.15. The first-order chi connectivity index (χ1) is 13.8. The third-order valence-corrected chi connectivity index (χ3v) is 5.88. The predicted octanol–water partition coefficient (Wildman–Crippen LogP) is 6.82. The maximum Gasteiger partial charge on any atom is 0.108 e. The van der Waals surface area contributed by atoms with Gasteiger partial charge >= 0.3 is 0 Å². The predicted molar refractivity (Wildman–Crippen MR) is 119 cm³/mol. The average Bonchev–Trinajstić information content (AvgIpc) is 3.04. The zero-order valence-electron chi connectivity index (χ0n) is 15.2. The monoisotopic (exact) mass is 420 g/mol. The van der Waals surface area contributed by atoms with Gasteiger partial charge in [0.1, 0.15) is 5.41 Å². The molecule has 28 heavy (non-hydrogen) atoms. The Morgan fingerprint density at radius 2 is 1.25 bits per heavy atom. The van der Waals surface area contributed by atoms with E-state index < -0.39 is 5.41 Å². The van der Waals surface area contributed by atoms with Gasteiger partial charge in [-0.3, -0.25) is 0 Å². The van der Waals surface area contributed by atoms with Crippen molar-refractivity contribution in [2.75, 3.05) is 0 Å². The second kappa shape index (κ2) is 6.82. The van der Waals surface area contributed by atoms with Gasteiger partial charge in [-0.15, -0.1) is 0 Å². The molecule has 1 aliphatic rings. The molecule has 1 aliphatic carbocycles. The Kier molecular flexibility index (Phi) is 4.15. The maximum absolute atomic E-state index is 3.70. The van der Waals surface area contributed by atoms with Crippen LogP contribution in [0.4, 0.5) is 0 Å². The lowest BCUT2D eigenvalue weighted by Gasteiger charge is -2.27. The van der Waals surface area contributed by atoms with Gasteiger partial charge in [0.25, 0.3) is 0 Å². The number of rotatable bonds is 1. The quantitative estimate of drug-likeness (QED) is 0.296. The van der Waals surface area contributed by atoms with Crippen molar-refractivity contribution in [1.29, 1.82) is 0 Å². The summed E-state index contributed by atoms with van der Waals surface area (Å²) in [5, 5.41) is 0. The maximum atomic E-state index is 3.70. The van der Waals surface area contributed by atoms with E-state index in [1.807, 2.05) is 18.2 Å². The fraction of sp³-hybridized carbons (Fsp3) is 0.0370. The summed E-state index contributed by atoms with van der Waals surface area (Å²) in [6.07, 6.45) is 0. The standard InChI is InChI=1S/C27H17Br/c28-22-15-16-24-23-13-7-8-14-25(23)27(26(24)19-22,21-11-5-2-6-12-21)18-17-20-9-3-1-4-10-20/h1-16,19H. The summed E-state index contributed by atoms with van der Waals surface area (Å²) in [6, 6.07) is 36.0. The molecule has 4 aromatic carbocycles. The van der Waals surface area contributed by atoms with Crippen LogP contribution in [-0.2, 0) is 5.41 Å². The first kappa shape index (κ1) is 17.0. The summed E-state index contributed by atoms with van der Waals surface area (Å²) in [6.45, 7) is 0. The summed E-state index contributed by atoms with van der Waals surface area (Å²) in [5.41, 5.74) is 6.73. The van der Waals surface area contributed by atoms with E-state index in [1.54, 1.807) is 0 Å². The molecule has 0 radical (unpaired) electrons. The third kappa shape index (κ3) is 2.61. The van der Waals surface area contributed by atoms with Gasteiger partial charge in [-0.2, -0.15) is 0 Å². The van der Waals surface area contributed by atoms with E-state index in [0.717, 1.165) is 10.0 Å². The summed E-state index contributed by atoms with van der Waals surface area (Å²) >= 11 is 3.68. The SMILES string of the molecule is Brc1ccc2c(c1)C(C#Cc1ccccc1)(c1ccccc1)c1ccccc1-2. The highest BCUT2D eigenvalue weighted by molar-refractivity contribution is 9.10. The van der Waals surface area contributed by atoms with Crippen LogP contribution >= 0.6 is 15.9 Å². The van der Waals surface area contributed by atoms with Crippen LogP contribution in [0.3, 0.4) is 0 Å². The molecule has 0 N–H and O–H groups in total. The van der Waals surface area contributed by atoms with Crippen LogP contribution < -0.4 is 0 Å². The number of hydrogen-bond donors (Lipinski definition) is 0. The summed E-state index contributed by atoms with van der Waals surface area (Å²) in [5.74, 6) is 7.16. The Labute approximate surface area is 174 Å². The minimum atomic E-state index is -0.493. The van der Waals surface area contributed by atoms with E-state index in [0.29, 0.717) is 0 Å². The van der Waals surface area contributed by atoms with E-state index in [2.05, 4.69) is 113 Å². The van der Waals surface area contributed by atoms with Crippen molar-refractivity contribution in [3.63, 3.8) is 0 Å². The van der Waals surface area contributed by atoms with Crippen LogP contribution in [0.5, 0.6) is 0 Å². The molecular formula is C27H17Br. The molecule has 5 rings (SSSR count). The van der Waals surface area contributed by atoms with E-state index >= 15 is 0 Å². The molecule has 0 nitrogen and oxygen atoms in total. The molecule has 0 spiro atoms. The largest absolute Gasteiger partial charge is 0.108 e. The minimum Gasteiger partial charge on any atom is -0.0764 e. The normalized spacial score (nSPS) is 16.6. The smallest absolute Gasteiger partial charge is 0.0764 e. The average molecular weight is 421 g/mol. The highest BCUT2D eigenvalue weighted by atomic mass is 79.9. The molecule has 1 atom stereocenters. The van der Waals surface area contributed by atoms with Crippen LogP contribution in [0.2, 0.25) is 0 Å². The molecule has 0 amide bonds. The number of benzene rings is 4. The molecular weight excluding hydrogens is 404 g/mol. The molecule has 132 valence electrons. The van der Waals surface area contributed by atoms with Gasteiger partial charge in [-0.05, 0) is 52.1 Å². The summed E-state index contributed by atoms with van der Waals surface area (Å²) in [7, 11) is 0. The van der Waals surface area contributed by atoms with Crippen molar-refractivity contribution < 1.29 is 0 Å². The van der Waals surface area contributed by atoms with Crippen LogP contribution in [0.15, 0.2) is 108 Å². The highest BCUT2D eigenvalue weighted by Gasteiger charge is 2.43. The van der Waals surface area contributed by atoms with Crippen molar-refractivity contribution in [1.82, 2.24) is 0 Å². The van der Waals surface area contributed by atoms with Gasteiger partial charge in [-0.1, -0.05) is 107 Å². The topological polar surface area (TPSA) is 0 Å².